The SMILES string of the molecule is Cn1cc(-c2nc(Cl)c(I)c(C3CCCC3)n2)cn1. The molecular formula is C13H14ClIN4. The van der Waals surface area contributed by atoms with Gasteiger partial charge in [-0.3, -0.25) is 4.68 Å². The van der Waals surface area contributed by atoms with Crippen molar-refractivity contribution >= 4 is 34.2 Å². The topological polar surface area (TPSA) is 43.6 Å². The van der Waals surface area contributed by atoms with Gasteiger partial charge >= 0.3 is 0 Å². The molecule has 0 spiro atoms. The Bertz CT molecular complexity index is 605. The summed E-state index contributed by atoms with van der Waals surface area (Å²) in [4.78, 5) is 9.12. The van der Waals surface area contributed by atoms with Crippen LogP contribution in [0, 0.1) is 3.57 Å². The Balaban J connectivity index is 2.06. The maximum Gasteiger partial charge on any atom is 0.164 e. The fraction of sp³-hybridized carbons (Fsp3) is 0.462. The average Bonchev–Trinajstić information content (AvgIpc) is 3.03. The van der Waals surface area contributed by atoms with Gasteiger partial charge in [0.1, 0.15) is 5.15 Å². The van der Waals surface area contributed by atoms with Crippen molar-refractivity contribution in [2.45, 2.75) is 31.6 Å². The lowest BCUT2D eigenvalue weighted by molar-refractivity contribution is 0.690. The molecule has 0 radical (unpaired) electrons. The maximum absolute atomic E-state index is 6.27. The first-order valence-corrected chi connectivity index (χ1v) is 7.83. The quantitative estimate of drug-likeness (QED) is 0.581. The van der Waals surface area contributed by atoms with Crippen LogP contribution in [0.2, 0.25) is 5.15 Å². The van der Waals surface area contributed by atoms with Crippen molar-refractivity contribution in [3.05, 3.63) is 26.8 Å². The van der Waals surface area contributed by atoms with Crippen LogP contribution in [0.5, 0.6) is 0 Å². The van der Waals surface area contributed by atoms with Gasteiger partial charge in [0.2, 0.25) is 0 Å². The Morgan fingerprint density at radius 1 is 1.32 bits per heavy atom. The van der Waals surface area contributed by atoms with E-state index < -0.39 is 0 Å². The Labute approximate surface area is 130 Å². The molecule has 19 heavy (non-hydrogen) atoms. The largest absolute Gasteiger partial charge is 0.275 e. The Morgan fingerprint density at radius 3 is 2.68 bits per heavy atom. The van der Waals surface area contributed by atoms with E-state index in [1.165, 1.54) is 25.7 Å². The molecule has 1 aliphatic rings. The number of halogens is 2. The lowest BCUT2D eigenvalue weighted by Gasteiger charge is -2.12. The van der Waals surface area contributed by atoms with E-state index in [2.05, 4.69) is 32.7 Å². The van der Waals surface area contributed by atoms with E-state index in [9.17, 15) is 0 Å². The highest BCUT2D eigenvalue weighted by Crippen LogP contribution is 2.37. The van der Waals surface area contributed by atoms with Crippen LogP contribution in [0.25, 0.3) is 11.4 Å². The zero-order valence-corrected chi connectivity index (χ0v) is 13.5. The van der Waals surface area contributed by atoms with Crippen molar-refractivity contribution in [1.29, 1.82) is 0 Å². The lowest BCUT2D eigenvalue weighted by atomic mass is 10.0. The maximum atomic E-state index is 6.27. The Morgan fingerprint density at radius 2 is 2.05 bits per heavy atom. The molecule has 2 heterocycles. The fourth-order valence-corrected chi connectivity index (χ4v) is 3.43. The molecule has 1 aliphatic carbocycles. The first kappa shape index (κ1) is 13.3. The molecule has 1 saturated carbocycles. The number of hydrogen-bond donors (Lipinski definition) is 0. The molecule has 0 amide bonds. The van der Waals surface area contributed by atoms with E-state index in [0.717, 1.165) is 14.8 Å². The minimum atomic E-state index is 0.530. The third-order valence-electron chi connectivity index (χ3n) is 3.54. The summed E-state index contributed by atoms with van der Waals surface area (Å²) in [6, 6.07) is 0. The van der Waals surface area contributed by atoms with Gasteiger partial charge in [0.25, 0.3) is 0 Å². The predicted octanol–water partition coefficient (Wildman–Crippen LogP) is 3.79. The highest BCUT2D eigenvalue weighted by atomic mass is 127. The zero-order chi connectivity index (χ0) is 13.4. The molecule has 0 atom stereocenters. The van der Waals surface area contributed by atoms with Crippen LogP contribution in [0.4, 0.5) is 0 Å². The molecule has 0 unspecified atom stereocenters. The third-order valence-corrected chi connectivity index (χ3v) is 5.20. The van der Waals surface area contributed by atoms with Crippen LogP contribution in [-0.4, -0.2) is 19.7 Å². The minimum Gasteiger partial charge on any atom is -0.275 e. The molecule has 3 rings (SSSR count). The van der Waals surface area contributed by atoms with Crippen LogP contribution in [-0.2, 0) is 7.05 Å². The summed E-state index contributed by atoms with van der Waals surface area (Å²) in [7, 11) is 1.88. The summed E-state index contributed by atoms with van der Waals surface area (Å²) in [5, 5.41) is 4.72. The molecular weight excluding hydrogens is 375 g/mol. The average molecular weight is 389 g/mol. The van der Waals surface area contributed by atoms with Gasteiger partial charge in [-0.05, 0) is 35.4 Å². The first-order valence-electron chi connectivity index (χ1n) is 6.37. The molecule has 2 aromatic rings. The molecule has 2 aromatic heterocycles. The van der Waals surface area contributed by atoms with E-state index in [1.807, 2.05) is 13.2 Å². The molecule has 0 N–H and O–H groups in total. The Kier molecular flexibility index (Phi) is 3.75. The van der Waals surface area contributed by atoms with Crippen molar-refractivity contribution < 1.29 is 0 Å². The minimum absolute atomic E-state index is 0.530. The second-order valence-electron chi connectivity index (χ2n) is 4.92. The van der Waals surface area contributed by atoms with E-state index in [4.69, 9.17) is 16.6 Å². The second-order valence-corrected chi connectivity index (χ2v) is 6.36. The zero-order valence-electron chi connectivity index (χ0n) is 10.6. The smallest absolute Gasteiger partial charge is 0.164 e. The highest BCUT2D eigenvalue weighted by molar-refractivity contribution is 14.1. The van der Waals surface area contributed by atoms with Crippen molar-refractivity contribution in [2.24, 2.45) is 7.05 Å². The monoisotopic (exact) mass is 388 g/mol. The van der Waals surface area contributed by atoms with E-state index in [-0.39, 0.29) is 0 Å². The van der Waals surface area contributed by atoms with Crippen LogP contribution >= 0.6 is 34.2 Å². The van der Waals surface area contributed by atoms with Crippen molar-refractivity contribution in [2.75, 3.05) is 0 Å². The van der Waals surface area contributed by atoms with Gasteiger partial charge in [-0.2, -0.15) is 5.10 Å². The number of hydrogen-bond acceptors (Lipinski definition) is 3. The predicted molar refractivity (Wildman–Crippen MR) is 83.2 cm³/mol. The number of nitrogens with zero attached hydrogens (tertiary/aromatic N) is 4. The molecule has 0 saturated heterocycles. The van der Waals surface area contributed by atoms with Gasteiger partial charge in [-0.25, -0.2) is 9.97 Å². The summed E-state index contributed by atoms with van der Waals surface area (Å²) in [6.07, 6.45) is 8.66. The van der Waals surface area contributed by atoms with E-state index >= 15 is 0 Å². The van der Waals surface area contributed by atoms with Crippen molar-refractivity contribution in [1.82, 2.24) is 19.7 Å². The summed E-state index contributed by atoms with van der Waals surface area (Å²) in [5.41, 5.74) is 2.03. The van der Waals surface area contributed by atoms with Crippen molar-refractivity contribution in [3.63, 3.8) is 0 Å². The van der Waals surface area contributed by atoms with Crippen LogP contribution in [0.15, 0.2) is 12.4 Å². The van der Waals surface area contributed by atoms with Gasteiger partial charge < -0.3 is 0 Å². The van der Waals surface area contributed by atoms with Crippen molar-refractivity contribution in [3.8, 4) is 11.4 Å². The third kappa shape index (κ3) is 2.63. The standard InChI is InChI=1S/C13H14ClIN4/c1-19-7-9(6-16-19)13-17-11(8-4-2-3-5-8)10(15)12(14)18-13/h6-8H,2-5H2,1H3. The molecule has 4 nitrogen and oxygen atoms in total. The second kappa shape index (κ2) is 5.36. The van der Waals surface area contributed by atoms with E-state index in [1.54, 1.807) is 10.9 Å². The first-order chi connectivity index (χ1) is 9.15. The molecule has 100 valence electrons. The summed E-state index contributed by atoms with van der Waals surface area (Å²) >= 11 is 8.53. The summed E-state index contributed by atoms with van der Waals surface area (Å²) in [5.74, 6) is 1.21. The molecule has 0 bridgehead atoms. The normalized spacial score (nSPS) is 16.2. The van der Waals surface area contributed by atoms with Crippen LogP contribution in [0.3, 0.4) is 0 Å². The highest BCUT2D eigenvalue weighted by Gasteiger charge is 2.23. The number of aryl methyl sites for hydroxylation is 1. The van der Waals surface area contributed by atoms with Crippen LogP contribution < -0.4 is 0 Å². The molecule has 6 heteroatoms. The van der Waals surface area contributed by atoms with Gasteiger partial charge in [0.15, 0.2) is 5.82 Å². The van der Waals surface area contributed by atoms with Gasteiger partial charge in [0, 0.05) is 19.2 Å². The van der Waals surface area contributed by atoms with Crippen LogP contribution in [0.1, 0.15) is 37.3 Å². The van der Waals surface area contributed by atoms with Gasteiger partial charge in [-0.1, -0.05) is 24.4 Å². The van der Waals surface area contributed by atoms with Gasteiger partial charge in [0.05, 0.1) is 21.0 Å². The fourth-order valence-electron chi connectivity index (χ4n) is 2.57. The lowest BCUT2D eigenvalue weighted by Crippen LogP contribution is -2.04. The van der Waals surface area contributed by atoms with Gasteiger partial charge in [-0.15, -0.1) is 0 Å². The number of rotatable bonds is 2. The summed E-state index contributed by atoms with van der Waals surface area (Å²) < 4.78 is 2.75. The Hall–Kier alpha value is -0.690. The molecule has 0 aromatic carbocycles. The summed E-state index contributed by atoms with van der Waals surface area (Å²) in [6.45, 7) is 0. The number of aromatic nitrogens is 4. The van der Waals surface area contributed by atoms with E-state index in [0.29, 0.717) is 16.9 Å². The molecule has 1 fully saturated rings. The molecule has 0 aliphatic heterocycles.